The zero-order valence-electron chi connectivity index (χ0n) is 14.9. The molecule has 4 rings (SSSR count). The van der Waals surface area contributed by atoms with Crippen LogP contribution in [-0.2, 0) is 16.3 Å². The average molecular weight is 382 g/mol. The first-order valence-electron chi connectivity index (χ1n) is 8.25. The minimum absolute atomic E-state index is 0.247. The van der Waals surface area contributed by atoms with Crippen molar-refractivity contribution in [3.8, 4) is 5.75 Å². The third-order valence-corrected chi connectivity index (χ3v) is 5.65. The summed E-state index contributed by atoms with van der Waals surface area (Å²) in [5.74, 6) is 0.694. The second-order valence-corrected chi connectivity index (χ2v) is 8.57. The molecule has 2 N–H and O–H groups in total. The normalized spacial score (nSPS) is 13.7. The van der Waals surface area contributed by atoms with Crippen LogP contribution in [0.1, 0.15) is 5.56 Å². The van der Waals surface area contributed by atoms with E-state index in [-0.39, 0.29) is 5.69 Å². The maximum atomic E-state index is 12.6. The van der Waals surface area contributed by atoms with E-state index in [0.717, 1.165) is 22.0 Å². The SMILES string of the molecule is COc1ccc2c(c1)ncc1[nH]c(=O)n(Cc3cccc(S(C)(=N)=O)c3)c12. The summed E-state index contributed by atoms with van der Waals surface area (Å²) in [7, 11) is -1.22. The van der Waals surface area contributed by atoms with Crippen LogP contribution in [0.15, 0.2) is 58.4 Å². The van der Waals surface area contributed by atoms with Crippen molar-refractivity contribution in [2.45, 2.75) is 11.4 Å². The standard InChI is InChI=1S/C19H18N4O3S/c1-26-13-6-7-15-16(9-13)21-10-17-18(15)23(19(24)22-17)11-12-4-3-5-14(8-12)27(2,20)25/h3-10,20H,11H2,1-2H3,(H,22,24). The molecule has 0 bridgehead atoms. The zero-order valence-corrected chi connectivity index (χ0v) is 15.7. The highest BCUT2D eigenvalue weighted by Crippen LogP contribution is 2.26. The smallest absolute Gasteiger partial charge is 0.326 e. The first-order chi connectivity index (χ1) is 12.9. The summed E-state index contributed by atoms with van der Waals surface area (Å²) >= 11 is 0. The molecule has 0 aliphatic carbocycles. The van der Waals surface area contributed by atoms with E-state index in [1.165, 1.54) is 6.26 Å². The molecule has 2 heterocycles. The molecule has 0 spiro atoms. The fourth-order valence-corrected chi connectivity index (χ4v) is 3.89. The summed E-state index contributed by atoms with van der Waals surface area (Å²) in [6, 6.07) is 12.5. The Hall–Kier alpha value is -3.13. The van der Waals surface area contributed by atoms with Crippen molar-refractivity contribution >= 4 is 31.7 Å². The molecule has 2 aromatic heterocycles. The molecule has 27 heavy (non-hydrogen) atoms. The summed E-state index contributed by atoms with van der Waals surface area (Å²) in [6.07, 6.45) is 3.02. The molecule has 7 nitrogen and oxygen atoms in total. The highest BCUT2D eigenvalue weighted by molar-refractivity contribution is 7.91. The van der Waals surface area contributed by atoms with Crippen LogP contribution in [0, 0.1) is 4.78 Å². The number of fused-ring (bicyclic) bond motifs is 3. The molecule has 2 aromatic carbocycles. The molecule has 138 valence electrons. The molecule has 4 aromatic rings. The Morgan fingerprint density at radius 2 is 2.07 bits per heavy atom. The average Bonchev–Trinajstić information content (AvgIpc) is 2.96. The number of hydrogen-bond acceptors (Lipinski definition) is 5. The van der Waals surface area contributed by atoms with Gasteiger partial charge in [-0.05, 0) is 29.8 Å². The van der Waals surface area contributed by atoms with Gasteiger partial charge in [-0.2, -0.15) is 0 Å². The second kappa shape index (κ2) is 6.24. The van der Waals surface area contributed by atoms with Crippen LogP contribution < -0.4 is 10.4 Å². The van der Waals surface area contributed by atoms with Gasteiger partial charge in [-0.15, -0.1) is 0 Å². The van der Waals surface area contributed by atoms with E-state index in [4.69, 9.17) is 9.52 Å². The van der Waals surface area contributed by atoms with Gasteiger partial charge in [-0.25, -0.2) is 13.8 Å². The summed E-state index contributed by atoms with van der Waals surface area (Å²) in [4.78, 5) is 20.2. The van der Waals surface area contributed by atoms with Crippen molar-refractivity contribution in [2.75, 3.05) is 13.4 Å². The van der Waals surface area contributed by atoms with Gasteiger partial charge in [-0.3, -0.25) is 9.55 Å². The molecule has 1 unspecified atom stereocenters. The lowest BCUT2D eigenvalue weighted by molar-refractivity contribution is 0.415. The minimum atomic E-state index is -2.82. The van der Waals surface area contributed by atoms with Crippen LogP contribution >= 0.6 is 0 Å². The summed E-state index contributed by atoms with van der Waals surface area (Å²) < 4.78 is 26.7. The highest BCUT2D eigenvalue weighted by atomic mass is 32.2. The molecule has 0 fully saturated rings. The first kappa shape index (κ1) is 17.3. The van der Waals surface area contributed by atoms with Crippen molar-refractivity contribution < 1.29 is 8.95 Å². The van der Waals surface area contributed by atoms with E-state index in [2.05, 4.69) is 9.97 Å². The molecule has 8 heteroatoms. The highest BCUT2D eigenvalue weighted by Gasteiger charge is 2.13. The number of nitrogens with one attached hydrogen (secondary N) is 2. The second-order valence-electron chi connectivity index (χ2n) is 6.41. The predicted octanol–water partition coefficient (Wildman–Crippen LogP) is 2.97. The van der Waals surface area contributed by atoms with E-state index in [1.807, 2.05) is 24.3 Å². The van der Waals surface area contributed by atoms with Gasteiger partial charge in [0.05, 0.1) is 46.1 Å². The van der Waals surface area contributed by atoms with Gasteiger partial charge in [-0.1, -0.05) is 12.1 Å². The maximum Gasteiger partial charge on any atom is 0.326 e. The number of ether oxygens (including phenoxy) is 1. The lowest BCUT2D eigenvalue weighted by Gasteiger charge is -2.09. The fraction of sp³-hybridized carbons (Fsp3) is 0.158. The van der Waals surface area contributed by atoms with E-state index < -0.39 is 9.73 Å². The Labute approximate surface area is 155 Å². The Kier molecular flexibility index (Phi) is 4.00. The Bertz CT molecular complexity index is 1340. The number of hydrogen-bond donors (Lipinski definition) is 2. The van der Waals surface area contributed by atoms with Gasteiger partial charge >= 0.3 is 5.69 Å². The topological polar surface area (TPSA) is 101 Å². The van der Waals surface area contributed by atoms with Crippen LogP contribution in [0.2, 0.25) is 0 Å². The number of nitrogens with zero attached hydrogens (tertiary/aromatic N) is 2. The molecular weight excluding hydrogens is 364 g/mol. The zero-order chi connectivity index (χ0) is 19.2. The Morgan fingerprint density at radius 1 is 1.26 bits per heavy atom. The van der Waals surface area contributed by atoms with E-state index in [0.29, 0.717) is 22.7 Å². The number of aromatic amines is 1. The molecule has 0 saturated carbocycles. The van der Waals surface area contributed by atoms with Crippen LogP contribution in [0.25, 0.3) is 21.9 Å². The van der Waals surface area contributed by atoms with Crippen molar-refractivity contribution in [1.29, 1.82) is 4.78 Å². The molecule has 0 aliphatic heterocycles. The number of imidazole rings is 1. The van der Waals surface area contributed by atoms with Gasteiger partial charge in [0.15, 0.2) is 0 Å². The monoisotopic (exact) mass is 382 g/mol. The number of benzene rings is 2. The molecule has 0 saturated heterocycles. The van der Waals surface area contributed by atoms with Crippen molar-refractivity contribution in [1.82, 2.24) is 14.5 Å². The summed E-state index contributed by atoms with van der Waals surface area (Å²) in [6.45, 7) is 0.299. The van der Waals surface area contributed by atoms with Crippen LogP contribution in [0.5, 0.6) is 5.75 Å². The van der Waals surface area contributed by atoms with Crippen molar-refractivity contribution in [3.05, 3.63) is 64.7 Å². The largest absolute Gasteiger partial charge is 0.497 e. The third-order valence-electron chi connectivity index (χ3n) is 4.49. The maximum absolute atomic E-state index is 12.6. The van der Waals surface area contributed by atoms with Gasteiger partial charge in [0, 0.05) is 22.6 Å². The lowest BCUT2D eigenvalue weighted by Crippen LogP contribution is -2.17. The van der Waals surface area contributed by atoms with Gasteiger partial charge in [0.1, 0.15) is 5.75 Å². The quantitative estimate of drug-likeness (QED) is 0.566. The number of methoxy groups -OCH3 is 1. The van der Waals surface area contributed by atoms with E-state index >= 15 is 0 Å². The molecule has 0 amide bonds. The third kappa shape index (κ3) is 3.08. The van der Waals surface area contributed by atoms with Crippen molar-refractivity contribution in [3.63, 3.8) is 0 Å². The lowest BCUT2D eigenvalue weighted by atomic mass is 10.1. The number of pyridine rings is 1. The summed E-state index contributed by atoms with van der Waals surface area (Å²) in [5, 5.41) is 0.836. The van der Waals surface area contributed by atoms with E-state index in [9.17, 15) is 9.00 Å². The van der Waals surface area contributed by atoms with Crippen LogP contribution in [0.3, 0.4) is 0 Å². The number of H-pyrrole nitrogens is 1. The van der Waals surface area contributed by atoms with Crippen LogP contribution in [-0.4, -0.2) is 32.1 Å². The molecule has 1 atom stereocenters. The van der Waals surface area contributed by atoms with Gasteiger partial charge in [0.25, 0.3) is 0 Å². The first-order valence-corrected chi connectivity index (χ1v) is 10.2. The van der Waals surface area contributed by atoms with Gasteiger partial charge in [0.2, 0.25) is 0 Å². The number of rotatable bonds is 4. The predicted molar refractivity (Wildman–Crippen MR) is 105 cm³/mol. The molecule has 0 radical (unpaired) electrons. The minimum Gasteiger partial charge on any atom is -0.497 e. The van der Waals surface area contributed by atoms with Gasteiger partial charge < -0.3 is 9.72 Å². The molecular formula is C19H18N4O3S. The Morgan fingerprint density at radius 3 is 2.81 bits per heavy atom. The van der Waals surface area contributed by atoms with Crippen molar-refractivity contribution in [2.24, 2.45) is 0 Å². The van der Waals surface area contributed by atoms with E-state index in [1.54, 1.807) is 36.1 Å². The Balaban J connectivity index is 1.90. The number of aromatic nitrogens is 3. The van der Waals surface area contributed by atoms with Crippen LogP contribution in [0.4, 0.5) is 0 Å². The fourth-order valence-electron chi connectivity index (χ4n) is 3.17. The summed E-state index contributed by atoms with van der Waals surface area (Å²) in [5.41, 5.74) is 2.68. The molecule has 0 aliphatic rings.